The largest absolute Gasteiger partial charge is 0.378 e. The van der Waals surface area contributed by atoms with E-state index < -0.39 is 5.91 Å². The topological polar surface area (TPSA) is 110 Å². The van der Waals surface area contributed by atoms with E-state index in [1.165, 1.54) is 6.07 Å². The number of rotatable bonds is 4. The summed E-state index contributed by atoms with van der Waals surface area (Å²) in [5.74, 6) is -0.0339. The van der Waals surface area contributed by atoms with Crippen molar-refractivity contribution < 1.29 is 14.3 Å². The van der Waals surface area contributed by atoms with Crippen molar-refractivity contribution in [2.75, 3.05) is 36.5 Å². The molecule has 1 aromatic heterocycles. The Morgan fingerprint density at radius 3 is 2.72 bits per heavy atom. The molecule has 2 heterocycles. The number of anilines is 2. The number of nitrogens with two attached hydrogens (primary N) is 1. The van der Waals surface area contributed by atoms with E-state index in [2.05, 4.69) is 20.2 Å². The zero-order valence-electron chi connectivity index (χ0n) is 13.9. The van der Waals surface area contributed by atoms with Gasteiger partial charge in [0.25, 0.3) is 5.91 Å². The highest BCUT2D eigenvalue weighted by molar-refractivity contribution is 6.06. The fourth-order valence-electron chi connectivity index (χ4n) is 2.57. The number of nitrogens with zero attached hydrogens (tertiary/aromatic N) is 3. The lowest BCUT2D eigenvalue weighted by Crippen LogP contribution is -2.36. The molecule has 1 aromatic carbocycles. The number of amides is 2. The van der Waals surface area contributed by atoms with Crippen LogP contribution in [0.3, 0.4) is 0 Å². The highest BCUT2D eigenvalue weighted by atomic mass is 16.5. The van der Waals surface area contributed by atoms with Crippen LogP contribution in [0.5, 0.6) is 0 Å². The van der Waals surface area contributed by atoms with Gasteiger partial charge in [-0.1, -0.05) is 6.07 Å². The number of primary amides is 1. The average molecular weight is 341 g/mol. The van der Waals surface area contributed by atoms with Gasteiger partial charge < -0.3 is 15.4 Å². The van der Waals surface area contributed by atoms with Crippen LogP contribution in [0.2, 0.25) is 0 Å². The molecule has 0 spiro atoms. The summed E-state index contributed by atoms with van der Waals surface area (Å²) in [5, 5.41) is 2.67. The van der Waals surface area contributed by atoms with Gasteiger partial charge in [-0.05, 0) is 30.7 Å². The first-order valence-electron chi connectivity index (χ1n) is 7.92. The Hall–Kier alpha value is -3.00. The molecule has 2 aromatic rings. The lowest BCUT2D eigenvalue weighted by Gasteiger charge is -2.27. The van der Waals surface area contributed by atoms with Crippen molar-refractivity contribution in [2.45, 2.75) is 6.92 Å². The number of hydrogen-bond donors (Lipinski definition) is 2. The molecule has 1 aliphatic heterocycles. The minimum absolute atomic E-state index is 0.206. The summed E-state index contributed by atoms with van der Waals surface area (Å²) in [6.07, 6.45) is 1.60. The minimum Gasteiger partial charge on any atom is -0.378 e. The van der Waals surface area contributed by atoms with Crippen LogP contribution in [-0.4, -0.2) is 48.1 Å². The SMILES string of the molecule is Cc1ccc(C(N)=O)cc1C(=O)Nc1nccc(N2CCOCC2)n1. The Morgan fingerprint density at radius 2 is 2.00 bits per heavy atom. The van der Waals surface area contributed by atoms with E-state index in [-0.39, 0.29) is 17.4 Å². The van der Waals surface area contributed by atoms with Gasteiger partial charge in [0.15, 0.2) is 0 Å². The monoisotopic (exact) mass is 341 g/mol. The van der Waals surface area contributed by atoms with Crippen LogP contribution in [0.4, 0.5) is 11.8 Å². The summed E-state index contributed by atoms with van der Waals surface area (Å²) in [7, 11) is 0. The summed E-state index contributed by atoms with van der Waals surface area (Å²) in [4.78, 5) is 34.4. The molecule has 3 rings (SSSR count). The predicted molar refractivity (Wildman–Crippen MR) is 92.7 cm³/mol. The number of nitrogens with one attached hydrogen (secondary N) is 1. The van der Waals surface area contributed by atoms with Crippen LogP contribution in [-0.2, 0) is 4.74 Å². The number of aromatic nitrogens is 2. The van der Waals surface area contributed by atoms with Crippen LogP contribution in [0.15, 0.2) is 30.5 Å². The Bertz CT molecular complexity index is 803. The summed E-state index contributed by atoms with van der Waals surface area (Å²) in [6.45, 7) is 4.55. The molecule has 0 aliphatic carbocycles. The highest BCUT2D eigenvalue weighted by Crippen LogP contribution is 2.16. The quantitative estimate of drug-likeness (QED) is 0.857. The smallest absolute Gasteiger partial charge is 0.258 e. The van der Waals surface area contributed by atoms with Gasteiger partial charge in [-0.15, -0.1) is 0 Å². The summed E-state index contributed by atoms with van der Waals surface area (Å²) < 4.78 is 5.32. The van der Waals surface area contributed by atoms with Crippen molar-refractivity contribution in [1.29, 1.82) is 0 Å². The molecule has 3 N–H and O–H groups in total. The molecular weight excluding hydrogens is 322 g/mol. The van der Waals surface area contributed by atoms with Gasteiger partial charge >= 0.3 is 0 Å². The maximum atomic E-state index is 12.5. The lowest BCUT2D eigenvalue weighted by molar-refractivity contribution is 0.1000. The molecule has 2 amide bonds. The molecule has 25 heavy (non-hydrogen) atoms. The molecular formula is C17H19N5O3. The second kappa shape index (κ2) is 7.27. The van der Waals surface area contributed by atoms with Gasteiger partial charge in [0.1, 0.15) is 5.82 Å². The first-order chi connectivity index (χ1) is 12.0. The Balaban J connectivity index is 1.79. The van der Waals surface area contributed by atoms with Crippen molar-refractivity contribution in [1.82, 2.24) is 9.97 Å². The van der Waals surface area contributed by atoms with Crippen molar-refractivity contribution in [3.63, 3.8) is 0 Å². The number of ether oxygens (including phenoxy) is 1. The van der Waals surface area contributed by atoms with Gasteiger partial charge in [0, 0.05) is 30.4 Å². The van der Waals surface area contributed by atoms with Crippen LogP contribution >= 0.6 is 0 Å². The minimum atomic E-state index is -0.584. The number of aryl methyl sites for hydroxylation is 1. The van der Waals surface area contributed by atoms with Crippen molar-refractivity contribution in [2.24, 2.45) is 5.73 Å². The highest BCUT2D eigenvalue weighted by Gasteiger charge is 2.16. The van der Waals surface area contributed by atoms with Crippen LogP contribution in [0.1, 0.15) is 26.3 Å². The number of morpholine rings is 1. The van der Waals surface area contributed by atoms with E-state index >= 15 is 0 Å². The summed E-state index contributed by atoms with van der Waals surface area (Å²) in [6, 6.07) is 6.53. The van der Waals surface area contributed by atoms with Gasteiger partial charge in [0.2, 0.25) is 11.9 Å². The molecule has 130 valence electrons. The molecule has 1 saturated heterocycles. The zero-order valence-corrected chi connectivity index (χ0v) is 13.9. The maximum absolute atomic E-state index is 12.5. The molecule has 0 unspecified atom stereocenters. The third-order valence-electron chi connectivity index (χ3n) is 3.97. The molecule has 8 nitrogen and oxygen atoms in total. The van der Waals surface area contributed by atoms with Crippen LogP contribution in [0, 0.1) is 6.92 Å². The van der Waals surface area contributed by atoms with Crippen molar-refractivity contribution >= 4 is 23.6 Å². The van der Waals surface area contributed by atoms with E-state index in [9.17, 15) is 9.59 Å². The third kappa shape index (κ3) is 3.92. The lowest BCUT2D eigenvalue weighted by atomic mass is 10.0. The molecule has 1 aliphatic rings. The predicted octanol–water partition coefficient (Wildman–Crippen LogP) is 0.973. The van der Waals surface area contributed by atoms with Gasteiger partial charge in [-0.2, -0.15) is 4.98 Å². The van der Waals surface area contributed by atoms with Crippen LogP contribution < -0.4 is 16.0 Å². The van der Waals surface area contributed by atoms with E-state index in [1.807, 2.05) is 0 Å². The fourth-order valence-corrected chi connectivity index (χ4v) is 2.57. The first-order valence-corrected chi connectivity index (χ1v) is 7.92. The summed E-state index contributed by atoms with van der Waals surface area (Å²) in [5.41, 5.74) is 6.64. The number of carbonyl (C=O) groups excluding carboxylic acids is 2. The van der Waals surface area contributed by atoms with Gasteiger partial charge in [-0.3, -0.25) is 14.9 Å². The molecule has 8 heteroatoms. The zero-order chi connectivity index (χ0) is 17.8. The van der Waals surface area contributed by atoms with E-state index in [0.29, 0.717) is 18.8 Å². The van der Waals surface area contributed by atoms with Gasteiger partial charge in [-0.25, -0.2) is 4.98 Å². The molecule has 1 fully saturated rings. The molecule has 0 bridgehead atoms. The number of benzene rings is 1. The average Bonchev–Trinajstić information content (AvgIpc) is 2.62. The molecule has 0 radical (unpaired) electrons. The second-order valence-corrected chi connectivity index (χ2v) is 5.69. The molecule has 0 atom stereocenters. The Labute approximate surface area is 145 Å². The summed E-state index contributed by atoms with van der Waals surface area (Å²) >= 11 is 0. The number of hydrogen-bond acceptors (Lipinski definition) is 6. The van der Waals surface area contributed by atoms with Crippen molar-refractivity contribution in [3.05, 3.63) is 47.2 Å². The maximum Gasteiger partial charge on any atom is 0.258 e. The molecule has 0 saturated carbocycles. The van der Waals surface area contributed by atoms with E-state index in [0.717, 1.165) is 24.5 Å². The third-order valence-corrected chi connectivity index (χ3v) is 3.97. The first kappa shape index (κ1) is 16.8. The normalized spacial score (nSPS) is 14.2. The van der Waals surface area contributed by atoms with E-state index in [1.54, 1.807) is 31.3 Å². The Morgan fingerprint density at radius 1 is 1.24 bits per heavy atom. The van der Waals surface area contributed by atoms with Gasteiger partial charge in [0.05, 0.1) is 13.2 Å². The van der Waals surface area contributed by atoms with Crippen LogP contribution in [0.25, 0.3) is 0 Å². The van der Waals surface area contributed by atoms with Crippen molar-refractivity contribution in [3.8, 4) is 0 Å². The van der Waals surface area contributed by atoms with E-state index in [4.69, 9.17) is 10.5 Å². The standard InChI is InChI=1S/C17H19N5O3/c1-11-2-3-12(15(18)23)10-13(11)16(24)21-17-19-5-4-14(20-17)22-6-8-25-9-7-22/h2-5,10H,6-9H2,1H3,(H2,18,23)(H,19,20,21,24). The number of carbonyl (C=O) groups is 2. The second-order valence-electron chi connectivity index (χ2n) is 5.69. The fraction of sp³-hybridized carbons (Fsp3) is 0.294. The Kier molecular flexibility index (Phi) is 4.90.